The van der Waals surface area contributed by atoms with Crippen LogP contribution in [0, 0.1) is 5.92 Å². The van der Waals surface area contributed by atoms with Crippen LogP contribution >= 0.6 is 0 Å². The Morgan fingerprint density at radius 2 is 2.25 bits per heavy atom. The van der Waals surface area contributed by atoms with E-state index in [0.29, 0.717) is 5.41 Å². The first kappa shape index (κ1) is 12.7. The van der Waals surface area contributed by atoms with Crippen molar-refractivity contribution in [1.29, 1.82) is 0 Å². The summed E-state index contributed by atoms with van der Waals surface area (Å²) in [6.07, 6.45) is 8.30. The molecule has 1 aromatic carbocycles. The van der Waals surface area contributed by atoms with Crippen LogP contribution in [0.15, 0.2) is 18.2 Å². The first-order chi connectivity index (χ1) is 9.83. The van der Waals surface area contributed by atoms with Crippen LogP contribution in [0.3, 0.4) is 0 Å². The Morgan fingerprint density at radius 1 is 1.30 bits per heavy atom. The lowest BCUT2D eigenvalue weighted by molar-refractivity contribution is 0.0798. The van der Waals surface area contributed by atoms with Gasteiger partial charge in [-0.3, -0.25) is 0 Å². The molecule has 3 atom stereocenters. The molecule has 1 saturated heterocycles. The molecule has 2 heteroatoms. The molecule has 0 amide bonds. The van der Waals surface area contributed by atoms with Gasteiger partial charge in [0.1, 0.15) is 0 Å². The summed E-state index contributed by atoms with van der Waals surface area (Å²) >= 11 is 0. The normalized spacial score (nSPS) is 35.0. The number of anilines is 1. The molecule has 0 unspecified atom stereocenters. The van der Waals surface area contributed by atoms with E-state index in [9.17, 15) is 0 Å². The van der Waals surface area contributed by atoms with E-state index in [1.54, 1.807) is 11.1 Å². The number of nitrogens with one attached hydrogen (secondary N) is 2. The Balaban J connectivity index is 1.83. The average Bonchev–Trinajstić information content (AvgIpc) is 2.48. The molecular weight excluding hydrogens is 244 g/mol. The van der Waals surface area contributed by atoms with E-state index < -0.39 is 0 Å². The van der Waals surface area contributed by atoms with Gasteiger partial charge in [-0.05, 0) is 68.3 Å². The fourth-order valence-corrected chi connectivity index (χ4v) is 5.24. The van der Waals surface area contributed by atoms with Gasteiger partial charge in [-0.15, -0.1) is 0 Å². The van der Waals surface area contributed by atoms with Crippen molar-refractivity contribution >= 4 is 5.69 Å². The van der Waals surface area contributed by atoms with Gasteiger partial charge in [0, 0.05) is 23.7 Å². The van der Waals surface area contributed by atoms with Crippen LogP contribution in [-0.2, 0) is 11.8 Å². The quantitative estimate of drug-likeness (QED) is 0.860. The minimum absolute atomic E-state index is 0.493. The highest BCUT2D eigenvalue weighted by Crippen LogP contribution is 2.54. The third-order valence-electron chi connectivity index (χ3n) is 6.03. The van der Waals surface area contributed by atoms with E-state index >= 15 is 0 Å². The van der Waals surface area contributed by atoms with Crippen molar-refractivity contribution in [2.24, 2.45) is 5.92 Å². The summed E-state index contributed by atoms with van der Waals surface area (Å²) in [5, 5.41) is 7.32. The third-order valence-corrected chi connectivity index (χ3v) is 6.03. The zero-order valence-corrected chi connectivity index (χ0v) is 12.5. The zero-order valence-electron chi connectivity index (χ0n) is 12.5. The molecule has 2 fully saturated rings. The minimum atomic E-state index is 0.493. The lowest BCUT2D eigenvalue weighted by Gasteiger charge is -2.56. The average molecular weight is 270 g/mol. The smallest absolute Gasteiger partial charge is 0.0343 e. The fraction of sp³-hybridized carbons (Fsp3) is 0.667. The van der Waals surface area contributed by atoms with E-state index in [-0.39, 0.29) is 0 Å². The van der Waals surface area contributed by atoms with Crippen molar-refractivity contribution < 1.29 is 0 Å². The summed E-state index contributed by atoms with van der Waals surface area (Å²) in [5.41, 5.74) is 5.12. The number of hydrogen-bond acceptors (Lipinski definition) is 2. The standard InChI is InChI=1S/C18H26N2/c1-2-19-14-7-6-13-11-17-15-5-3-4-8-18(15,9-10-20-17)16(13)12-14/h6-7,12,15,17,19-20H,2-5,8-11H2,1H3/t15-,17+,18+/m0/s1. The van der Waals surface area contributed by atoms with Crippen LogP contribution < -0.4 is 10.6 Å². The summed E-state index contributed by atoms with van der Waals surface area (Å²) in [5.74, 6) is 0.884. The molecule has 2 N–H and O–H groups in total. The van der Waals surface area contributed by atoms with Crippen molar-refractivity contribution in [3.8, 4) is 0 Å². The molecule has 0 aromatic heterocycles. The van der Waals surface area contributed by atoms with Crippen molar-refractivity contribution in [3.05, 3.63) is 29.3 Å². The van der Waals surface area contributed by atoms with Gasteiger partial charge in [0.2, 0.25) is 0 Å². The number of piperidine rings is 1. The molecule has 1 saturated carbocycles. The van der Waals surface area contributed by atoms with Crippen LogP contribution in [0.1, 0.15) is 50.2 Å². The highest BCUT2D eigenvalue weighted by molar-refractivity contribution is 5.53. The Labute approximate surface area is 122 Å². The molecule has 2 bridgehead atoms. The largest absolute Gasteiger partial charge is 0.385 e. The van der Waals surface area contributed by atoms with Gasteiger partial charge in [-0.25, -0.2) is 0 Å². The Morgan fingerprint density at radius 3 is 3.15 bits per heavy atom. The molecule has 108 valence electrons. The highest BCUT2D eigenvalue weighted by atomic mass is 15.0. The van der Waals surface area contributed by atoms with Crippen molar-refractivity contribution in [3.63, 3.8) is 0 Å². The van der Waals surface area contributed by atoms with Crippen molar-refractivity contribution in [2.45, 2.75) is 56.9 Å². The second-order valence-electron chi connectivity index (χ2n) is 6.93. The second-order valence-corrected chi connectivity index (χ2v) is 6.93. The summed E-state index contributed by atoms with van der Waals surface area (Å²) in [6.45, 7) is 4.41. The van der Waals surface area contributed by atoms with E-state index in [2.05, 4.69) is 35.8 Å². The molecule has 20 heavy (non-hydrogen) atoms. The van der Waals surface area contributed by atoms with Crippen LogP contribution in [0.2, 0.25) is 0 Å². The summed E-state index contributed by atoms with van der Waals surface area (Å²) in [7, 11) is 0. The maximum absolute atomic E-state index is 3.81. The minimum Gasteiger partial charge on any atom is -0.385 e. The maximum atomic E-state index is 3.81. The zero-order chi connectivity index (χ0) is 13.6. The summed E-state index contributed by atoms with van der Waals surface area (Å²) < 4.78 is 0. The molecular formula is C18H26N2. The second kappa shape index (κ2) is 4.77. The Kier molecular flexibility index (Phi) is 3.03. The molecule has 0 spiro atoms. The Bertz CT molecular complexity index is 506. The molecule has 1 heterocycles. The summed E-state index contributed by atoms with van der Waals surface area (Å²) in [4.78, 5) is 0. The molecule has 2 aliphatic carbocycles. The van der Waals surface area contributed by atoms with Gasteiger partial charge in [0.05, 0.1) is 0 Å². The van der Waals surface area contributed by atoms with Gasteiger partial charge in [0.15, 0.2) is 0 Å². The molecule has 1 aliphatic heterocycles. The van der Waals surface area contributed by atoms with Crippen molar-refractivity contribution in [2.75, 3.05) is 18.4 Å². The first-order valence-electron chi connectivity index (χ1n) is 8.44. The predicted molar refractivity (Wildman–Crippen MR) is 84.4 cm³/mol. The fourth-order valence-electron chi connectivity index (χ4n) is 5.24. The van der Waals surface area contributed by atoms with E-state index in [4.69, 9.17) is 0 Å². The number of benzene rings is 1. The van der Waals surface area contributed by atoms with Gasteiger partial charge in [-0.1, -0.05) is 18.9 Å². The van der Waals surface area contributed by atoms with E-state index in [1.165, 1.54) is 50.8 Å². The summed E-state index contributed by atoms with van der Waals surface area (Å²) in [6, 6.07) is 7.89. The van der Waals surface area contributed by atoms with E-state index in [1.807, 2.05) is 0 Å². The molecule has 4 rings (SSSR count). The van der Waals surface area contributed by atoms with Gasteiger partial charge in [-0.2, -0.15) is 0 Å². The van der Waals surface area contributed by atoms with Crippen LogP contribution in [-0.4, -0.2) is 19.1 Å². The molecule has 2 nitrogen and oxygen atoms in total. The first-order valence-corrected chi connectivity index (χ1v) is 8.44. The number of hydrogen-bond donors (Lipinski definition) is 2. The number of rotatable bonds is 2. The maximum Gasteiger partial charge on any atom is 0.0343 e. The molecule has 1 aromatic rings. The van der Waals surface area contributed by atoms with Gasteiger partial charge < -0.3 is 10.6 Å². The predicted octanol–water partition coefficient (Wildman–Crippen LogP) is 3.46. The van der Waals surface area contributed by atoms with E-state index in [0.717, 1.165) is 18.5 Å². The molecule has 3 aliphatic rings. The van der Waals surface area contributed by atoms with Gasteiger partial charge >= 0.3 is 0 Å². The lowest BCUT2D eigenvalue weighted by Crippen LogP contribution is -2.59. The van der Waals surface area contributed by atoms with Crippen LogP contribution in [0.5, 0.6) is 0 Å². The Hall–Kier alpha value is -1.02. The third kappa shape index (κ3) is 1.74. The highest BCUT2D eigenvalue weighted by Gasteiger charge is 2.51. The molecule has 0 radical (unpaired) electrons. The lowest BCUT2D eigenvalue weighted by atomic mass is 9.53. The van der Waals surface area contributed by atoms with Crippen LogP contribution in [0.4, 0.5) is 5.69 Å². The topological polar surface area (TPSA) is 24.1 Å². The van der Waals surface area contributed by atoms with Gasteiger partial charge in [0.25, 0.3) is 0 Å². The monoisotopic (exact) mass is 270 g/mol. The van der Waals surface area contributed by atoms with Crippen LogP contribution in [0.25, 0.3) is 0 Å². The number of fused-ring (bicyclic) bond motifs is 1. The SMILES string of the molecule is CCNc1ccc2c(c1)[C@@]13CCCC[C@H]1[C@@H](C2)NCC3. The van der Waals surface area contributed by atoms with Crippen molar-refractivity contribution in [1.82, 2.24) is 5.32 Å².